The average molecular weight is 329 g/mol. The summed E-state index contributed by atoms with van der Waals surface area (Å²) in [6, 6.07) is 6.60. The quantitative estimate of drug-likeness (QED) is 0.755. The maximum absolute atomic E-state index is 12.9. The molecule has 0 radical (unpaired) electrons. The van der Waals surface area contributed by atoms with Gasteiger partial charge in [0, 0.05) is 11.9 Å². The molecule has 24 heavy (non-hydrogen) atoms. The zero-order valence-corrected chi connectivity index (χ0v) is 13.1. The van der Waals surface area contributed by atoms with Crippen LogP contribution in [0, 0.1) is 12.7 Å². The minimum absolute atomic E-state index is 0.0324. The van der Waals surface area contributed by atoms with Crippen molar-refractivity contribution in [3.63, 3.8) is 0 Å². The van der Waals surface area contributed by atoms with Crippen LogP contribution in [0.3, 0.4) is 0 Å². The first kappa shape index (κ1) is 16.0. The smallest absolute Gasteiger partial charge is 0.291 e. The molecule has 2 N–H and O–H groups in total. The predicted molar refractivity (Wildman–Crippen MR) is 83.8 cm³/mol. The molecule has 0 aliphatic heterocycles. The summed E-state index contributed by atoms with van der Waals surface area (Å²) in [7, 11) is 0. The highest BCUT2D eigenvalue weighted by atomic mass is 19.1. The zero-order chi connectivity index (χ0) is 17.3. The van der Waals surface area contributed by atoms with Crippen molar-refractivity contribution in [2.24, 2.45) is 0 Å². The number of aromatic nitrogens is 4. The maximum Gasteiger partial charge on any atom is 0.291 e. The summed E-state index contributed by atoms with van der Waals surface area (Å²) < 4.78 is 14.4. The Balaban J connectivity index is 1.75. The number of halogens is 1. The Morgan fingerprint density at radius 3 is 2.67 bits per heavy atom. The Kier molecular flexibility index (Phi) is 4.22. The van der Waals surface area contributed by atoms with E-state index in [1.807, 2.05) is 6.92 Å². The number of nitrogens with one attached hydrogen (secondary N) is 1. The van der Waals surface area contributed by atoms with Gasteiger partial charge in [-0.05, 0) is 37.6 Å². The highest BCUT2D eigenvalue weighted by molar-refractivity contribution is 5.91. The van der Waals surface area contributed by atoms with Crippen LogP contribution >= 0.6 is 0 Å². The van der Waals surface area contributed by atoms with E-state index in [1.165, 1.54) is 28.8 Å². The van der Waals surface area contributed by atoms with Gasteiger partial charge in [0.25, 0.3) is 11.7 Å². The van der Waals surface area contributed by atoms with E-state index < -0.39 is 18.1 Å². The van der Waals surface area contributed by atoms with Crippen molar-refractivity contribution in [2.45, 2.75) is 26.0 Å². The zero-order valence-electron chi connectivity index (χ0n) is 13.1. The van der Waals surface area contributed by atoms with Gasteiger partial charge in [0.1, 0.15) is 5.82 Å². The van der Waals surface area contributed by atoms with E-state index >= 15 is 0 Å². The molecule has 0 fully saturated rings. The van der Waals surface area contributed by atoms with Crippen LogP contribution in [-0.2, 0) is 0 Å². The van der Waals surface area contributed by atoms with Gasteiger partial charge in [0.05, 0.1) is 12.1 Å². The summed E-state index contributed by atoms with van der Waals surface area (Å²) in [5.74, 6) is -0.616. The maximum atomic E-state index is 12.9. The van der Waals surface area contributed by atoms with Crippen LogP contribution in [0.15, 0.2) is 36.5 Å². The number of aryl methyl sites for hydroxylation is 1. The van der Waals surface area contributed by atoms with E-state index in [-0.39, 0.29) is 11.6 Å². The second-order valence-corrected chi connectivity index (χ2v) is 5.49. The number of amides is 1. The second kappa shape index (κ2) is 6.32. The summed E-state index contributed by atoms with van der Waals surface area (Å²) in [5.41, 5.74) is 1.30. The lowest BCUT2D eigenvalue weighted by atomic mass is 10.0. The van der Waals surface area contributed by atoms with Gasteiger partial charge in [-0.2, -0.15) is 4.98 Å². The van der Waals surface area contributed by atoms with Gasteiger partial charge in [-0.15, -0.1) is 5.10 Å². The Morgan fingerprint density at radius 1 is 1.29 bits per heavy atom. The third-order valence-electron chi connectivity index (χ3n) is 3.68. The average Bonchev–Trinajstić information content (AvgIpc) is 3.00. The summed E-state index contributed by atoms with van der Waals surface area (Å²) in [6.07, 6.45) is 0.605. The van der Waals surface area contributed by atoms with Gasteiger partial charge in [-0.1, -0.05) is 12.1 Å². The molecule has 2 heterocycles. The van der Waals surface area contributed by atoms with Gasteiger partial charge in [-0.3, -0.25) is 4.79 Å². The number of aliphatic hydroxyl groups excluding tert-OH is 1. The molecule has 0 spiro atoms. The van der Waals surface area contributed by atoms with Crippen molar-refractivity contribution in [3.8, 4) is 0 Å². The van der Waals surface area contributed by atoms with Crippen molar-refractivity contribution >= 4 is 11.7 Å². The first-order valence-electron chi connectivity index (χ1n) is 7.38. The van der Waals surface area contributed by atoms with Crippen molar-refractivity contribution in [1.82, 2.24) is 24.9 Å². The van der Waals surface area contributed by atoms with Crippen molar-refractivity contribution in [1.29, 1.82) is 0 Å². The summed E-state index contributed by atoms with van der Waals surface area (Å²) >= 11 is 0. The van der Waals surface area contributed by atoms with Crippen molar-refractivity contribution in [2.75, 3.05) is 0 Å². The Hall–Kier alpha value is -2.87. The number of hydrogen-bond acceptors (Lipinski definition) is 5. The second-order valence-electron chi connectivity index (χ2n) is 5.49. The van der Waals surface area contributed by atoms with E-state index in [1.54, 1.807) is 19.2 Å². The van der Waals surface area contributed by atoms with Crippen LogP contribution in [0.2, 0.25) is 0 Å². The summed E-state index contributed by atoms with van der Waals surface area (Å²) in [5, 5.41) is 17.0. The van der Waals surface area contributed by atoms with Crippen LogP contribution in [0.1, 0.15) is 34.9 Å². The van der Waals surface area contributed by atoms with Crippen LogP contribution in [-0.4, -0.2) is 36.6 Å². The van der Waals surface area contributed by atoms with E-state index in [9.17, 15) is 14.3 Å². The van der Waals surface area contributed by atoms with Crippen LogP contribution in [0.25, 0.3) is 5.78 Å². The van der Waals surface area contributed by atoms with E-state index in [0.717, 1.165) is 5.69 Å². The number of hydrogen-bond donors (Lipinski definition) is 2. The monoisotopic (exact) mass is 329 g/mol. The topological polar surface area (TPSA) is 92.4 Å². The molecule has 124 valence electrons. The first-order valence-corrected chi connectivity index (χ1v) is 7.38. The standard InChI is InChI=1S/C16H16FN5O2/c1-9-7-8-18-16-20-14(21-22(9)16)15(24)19-10(2)13(23)11-3-5-12(17)6-4-11/h3-8,10,13,23H,1-2H3,(H,19,24). The first-order chi connectivity index (χ1) is 11.5. The normalized spacial score (nSPS) is 13.7. The van der Waals surface area contributed by atoms with Crippen molar-refractivity contribution < 1.29 is 14.3 Å². The Labute approximate surface area is 137 Å². The number of carbonyl (C=O) groups is 1. The fourth-order valence-corrected chi connectivity index (χ4v) is 2.30. The lowest BCUT2D eigenvalue weighted by molar-refractivity contribution is 0.0842. The van der Waals surface area contributed by atoms with E-state index in [0.29, 0.717) is 11.3 Å². The lowest BCUT2D eigenvalue weighted by Crippen LogP contribution is -2.37. The van der Waals surface area contributed by atoms with Gasteiger partial charge < -0.3 is 10.4 Å². The van der Waals surface area contributed by atoms with Gasteiger partial charge in [0.15, 0.2) is 0 Å². The van der Waals surface area contributed by atoms with Gasteiger partial charge in [0.2, 0.25) is 5.82 Å². The molecule has 2 unspecified atom stereocenters. The number of aliphatic hydroxyl groups is 1. The molecule has 0 bridgehead atoms. The molecule has 0 saturated carbocycles. The van der Waals surface area contributed by atoms with Gasteiger partial charge in [-0.25, -0.2) is 13.9 Å². The minimum atomic E-state index is -0.980. The molecule has 7 nitrogen and oxygen atoms in total. The number of carbonyl (C=O) groups excluding carboxylic acids is 1. The fraction of sp³-hybridized carbons (Fsp3) is 0.250. The highest BCUT2D eigenvalue weighted by Gasteiger charge is 2.22. The number of fused-ring (bicyclic) bond motifs is 1. The van der Waals surface area contributed by atoms with E-state index in [4.69, 9.17) is 0 Å². The molecule has 3 aromatic rings. The third-order valence-corrected chi connectivity index (χ3v) is 3.68. The molecular formula is C16H16FN5O2. The SMILES string of the molecule is Cc1ccnc2nc(C(=O)NC(C)C(O)c3ccc(F)cc3)nn12. The summed E-state index contributed by atoms with van der Waals surface area (Å²) in [4.78, 5) is 20.4. The third kappa shape index (κ3) is 3.09. The molecule has 0 aliphatic carbocycles. The predicted octanol–water partition coefficient (Wildman–Crippen LogP) is 1.42. The molecule has 2 atom stereocenters. The van der Waals surface area contributed by atoms with Gasteiger partial charge >= 0.3 is 0 Å². The largest absolute Gasteiger partial charge is 0.386 e. The molecule has 2 aromatic heterocycles. The molecule has 1 aromatic carbocycles. The molecule has 1 amide bonds. The molecule has 0 saturated heterocycles. The Morgan fingerprint density at radius 2 is 2.00 bits per heavy atom. The number of rotatable bonds is 4. The molecular weight excluding hydrogens is 313 g/mol. The molecule has 3 rings (SSSR count). The molecule has 8 heteroatoms. The Bertz CT molecular complexity index is 878. The number of nitrogens with zero attached hydrogens (tertiary/aromatic N) is 4. The molecule has 0 aliphatic rings. The van der Waals surface area contributed by atoms with Crippen LogP contribution in [0.5, 0.6) is 0 Å². The highest BCUT2D eigenvalue weighted by Crippen LogP contribution is 2.17. The van der Waals surface area contributed by atoms with Crippen molar-refractivity contribution in [3.05, 3.63) is 59.4 Å². The van der Waals surface area contributed by atoms with Crippen LogP contribution < -0.4 is 5.32 Å². The fourth-order valence-electron chi connectivity index (χ4n) is 2.30. The minimum Gasteiger partial charge on any atom is -0.386 e. The lowest BCUT2D eigenvalue weighted by Gasteiger charge is -2.19. The number of benzene rings is 1. The summed E-state index contributed by atoms with van der Waals surface area (Å²) in [6.45, 7) is 3.47. The van der Waals surface area contributed by atoms with E-state index in [2.05, 4.69) is 20.4 Å². The van der Waals surface area contributed by atoms with Crippen LogP contribution in [0.4, 0.5) is 4.39 Å².